The lowest BCUT2D eigenvalue weighted by Gasteiger charge is -2.22. The topological polar surface area (TPSA) is 81.4 Å². The van der Waals surface area contributed by atoms with Crippen molar-refractivity contribution < 1.29 is 14.3 Å². The number of ether oxygens (including phenoxy) is 1. The highest BCUT2D eigenvalue weighted by atomic mass is 16.5. The Kier molecular flexibility index (Phi) is 8.39. The van der Waals surface area contributed by atoms with E-state index in [1.54, 1.807) is 0 Å². The van der Waals surface area contributed by atoms with Crippen molar-refractivity contribution in [3.8, 4) is 0 Å². The first-order chi connectivity index (χ1) is 8.81. The fourth-order valence-electron chi connectivity index (χ4n) is 2.05. The van der Waals surface area contributed by atoms with Crippen molar-refractivity contribution in [1.29, 1.82) is 0 Å². The normalized spacial score (nSPS) is 14.3. The molecule has 0 bridgehead atoms. The number of nitrogens with two attached hydrogens (primary N) is 1. The molecule has 0 saturated heterocycles. The number of hydrogen-bond donors (Lipinski definition) is 2. The van der Waals surface area contributed by atoms with Gasteiger partial charge in [-0.25, -0.2) is 4.79 Å². The Morgan fingerprint density at radius 1 is 1.21 bits per heavy atom. The molecule has 0 aliphatic heterocycles. The zero-order valence-electron chi connectivity index (χ0n) is 12.7. The summed E-state index contributed by atoms with van der Waals surface area (Å²) >= 11 is 0. The van der Waals surface area contributed by atoms with Crippen LogP contribution in [-0.2, 0) is 14.3 Å². The van der Waals surface area contributed by atoms with Crippen LogP contribution < -0.4 is 11.1 Å². The van der Waals surface area contributed by atoms with Crippen LogP contribution in [0.3, 0.4) is 0 Å². The van der Waals surface area contributed by atoms with Crippen LogP contribution in [-0.4, -0.2) is 31.6 Å². The summed E-state index contributed by atoms with van der Waals surface area (Å²) < 4.78 is 4.69. The van der Waals surface area contributed by atoms with Crippen molar-refractivity contribution >= 4 is 11.9 Å². The minimum Gasteiger partial charge on any atom is -0.467 e. The molecule has 0 radical (unpaired) electrons. The highest BCUT2D eigenvalue weighted by Gasteiger charge is 2.25. The van der Waals surface area contributed by atoms with E-state index in [4.69, 9.17) is 10.5 Å². The Labute approximate surface area is 116 Å². The van der Waals surface area contributed by atoms with Gasteiger partial charge in [0.05, 0.1) is 7.11 Å². The fraction of sp³-hybridized carbons (Fsp3) is 0.857. The van der Waals surface area contributed by atoms with Crippen LogP contribution >= 0.6 is 0 Å². The molecule has 112 valence electrons. The van der Waals surface area contributed by atoms with Crippen LogP contribution in [0.2, 0.25) is 0 Å². The molecule has 0 spiro atoms. The van der Waals surface area contributed by atoms with Gasteiger partial charge in [-0.1, -0.05) is 27.7 Å². The number of carbonyl (C=O) groups is 2. The minimum absolute atomic E-state index is 0.00201. The summed E-state index contributed by atoms with van der Waals surface area (Å²) in [5, 5.41) is 2.74. The molecule has 5 heteroatoms. The molecule has 0 heterocycles. The zero-order chi connectivity index (χ0) is 15.0. The molecule has 0 aliphatic rings. The average Bonchev–Trinajstić information content (AvgIpc) is 2.33. The Balaban J connectivity index is 4.44. The predicted molar refractivity (Wildman–Crippen MR) is 75.4 cm³/mol. The second-order valence-corrected chi connectivity index (χ2v) is 5.75. The van der Waals surface area contributed by atoms with Crippen molar-refractivity contribution in [3.63, 3.8) is 0 Å². The van der Waals surface area contributed by atoms with Crippen LogP contribution in [0.1, 0.15) is 40.5 Å². The van der Waals surface area contributed by atoms with Gasteiger partial charge in [0, 0.05) is 6.42 Å². The largest absolute Gasteiger partial charge is 0.467 e. The molecule has 5 nitrogen and oxygen atoms in total. The summed E-state index contributed by atoms with van der Waals surface area (Å²) in [6, 6.07) is -0.588. The smallest absolute Gasteiger partial charge is 0.328 e. The monoisotopic (exact) mass is 272 g/mol. The number of esters is 1. The molecule has 0 saturated carbocycles. The van der Waals surface area contributed by atoms with Crippen molar-refractivity contribution in [3.05, 3.63) is 0 Å². The molecular formula is C14H28N2O3. The van der Waals surface area contributed by atoms with Gasteiger partial charge in [-0.15, -0.1) is 0 Å². The maximum Gasteiger partial charge on any atom is 0.328 e. The molecular weight excluding hydrogens is 244 g/mol. The second-order valence-electron chi connectivity index (χ2n) is 5.75. The molecule has 1 unspecified atom stereocenters. The summed E-state index contributed by atoms with van der Waals surface area (Å²) in [6.45, 7) is 8.43. The van der Waals surface area contributed by atoms with E-state index in [1.165, 1.54) is 7.11 Å². The number of rotatable bonds is 8. The molecule has 0 aromatic carbocycles. The zero-order valence-corrected chi connectivity index (χ0v) is 12.7. The van der Waals surface area contributed by atoms with Gasteiger partial charge in [-0.05, 0) is 30.7 Å². The number of amides is 1. The van der Waals surface area contributed by atoms with E-state index in [2.05, 4.69) is 19.2 Å². The molecule has 0 aromatic heterocycles. The van der Waals surface area contributed by atoms with E-state index >= 15 is 0 Å². The SMILES string of the molecule is COC(=O)C(NC(=O)C[C@@H](CN)CC(C)C)C(C)C. The maximum absolute atomic E-state index is 12.0. The molecule has 0 rings (SSSR count). The quantitative estimate of drug-likeness (QED) is 0.653. The van der Waals surface area contributed by atoms with Gasteiger partial charge in [-0.2, -0.15) is 0 Å². The third-order valence-electron chi connectivity index (χ3n) is 3.05. The third kappa shape index (κ3) is 7.15. The molecule has 0 aromatic rings. The molecule has 0 fully saturated rings. The number of nitrogens with one attached hydrogen (secondary N) is 1. The summed E-state index contributed by atoms with van der Waals surface area (Å²) in [5.41, 5.74) is 5.67. The molecule has 19 heavy (non-hydrogen) atoms. The number of methoxy groups -OCH3 is 1. The molecule has 0 aliphatic carbocycles. The van der Waals surface area contributed by atoms with Gasteiger partial charge in [0.2, 0.25) is 5.91 Å². The Bertz CT molecular complexity index is 290. The summed E-state index contributed by atoms with van der Waals surface area (Å²) in [7, 11) is 1.32. The van der Waals surface area contributed by atoms with Gasteiger partial charge in [0.15, 0.2) is 0 Å². The van der Waals surface area contributed by atoms with E-state index in [-0.39, 0.29) is 17.7 Å². The first-order valence-corrected chi connectivity index (χ1v) is 6.89. The molecule has 2 atom stereocenters. The van der Waals surface area contributed by atoms with Gasteiger partial charge in [-0.3, -0.25) is 4.79 Å². The minimum atomic E-state index is -0.588. The van der Waals surface area contributed by atoms with Crippen molar-refractivity contribution in [2.24, 2.45) is 23.5 Å². The third-order valence-corrected chi connectivity index (χ3v) is 3.05. The van der Waals surface area contributed by atoms with Crippen molar-refractivity contribution in [2.45, 2.75) is 46.6 Å². The first kappa shape index (κ1) is 17.9. The predicted octanol–water partition coefficient (Wildman–Crippen LogP) is 1.31. The van der Waals surface area contributed by atoms with Gasteiger partial charge in [0.25, 0.3) is 0 Å². The highest BCUT2D eigenvalue weighted by molar-refractivity contribution is 5.84. The van der Waals surface area contributed by atoms with Gasteiger partial charge in [0.1, 0.15) is 6.04 Å². The van der Waals surface area contributed by atoms with Gasteiger partial charge < -0.3 is 15.8 Å². The number of hydrogen-bond acceptors (Lipinski definition) is 4. The fourth-order valence-corrected chi connectivity index (χ4v) is 2.05. The van der Waals surface area contributed by atoms with E-state index in [1.807, 2.05) is 13.8 Å². The Morgan fingerprint density at radius 2 is 1.79 bits per heavy atom. The molecule has 3 N–H and O–H groups in total. The van der Waals surface area contributed by atoms with Crippen LogP contribution in [0.25, 0.3) is 0 Å². The lowest BCUT2D eigenvalue weighted by molar-refractivity contribution is -0.146. The van der Waals surface area contributed by atoms with E-state index < -0.39 is 12.0 Å². The Hall–Kier alpha value is -1.10. The number of carbonyl (C=O) groups excluding carboxylic acids is 2. The summed E-state index contributed by atoms with van der Waals surface area (Å²) in [6.07, 6.45) is 1.27. The second kappa shape index (κ2) is 8.91. The lowest BCUT2D eigenvalue weighted by Crippen LogP contribution is -2.45. The highest BCUT2D eigenvalue weighted by Crippen LogP contribution is 2.14. The average molecular weight is 272 g/mol. The van der Waals surface area contributed by atoms with Crippen molar-refractivity contribution in [2.75, 3.05) is 13.7 Å². The standard InChI is InChI=1S/C14H28N2O3/c1-9(2)6-11(8-15)7-12(17)16-13(10(3)4)14(18)19-5/h9-11,13H,6-8,15H2,1-5H3,(H,16,17)/t11-,13?/m0/s1. The summed E-state index contributed by atoms with van der Waals surface area (Å²) in [5.74, 6) is 0.114. The maximum atomic E-state index is 12.0. The summed E-state index contributed by atoms with van der Waals surface area (Å²) in [4.78, 5) is 23.5. The lowest BCUT2D eigenvalue weighted by atomic mass is 9.93. The van der Waals surface area contributed by atoms with Gasteiger partial charge >= 0.3 is 5.97 Å². The van der Waals surface area contributed by atoms with E-state index in [0.717, 1.165) is 6.42 Å². The first-order valence-electron chi connectivity index (χ1n) is 6.89. The van der Waals surface area contributed by atoms with Crippen LogP contribution in [0.15, 0.2) is 0 Å². The molecule has 1 amide bonds. The van der Waals surface area contributed by atoms with Crippen LogP contribution in [0.5, 0.6) is 0 Å². The van der Waals surface area contributed by atoms with Crippen LogP contribution in [0, 0.1) is 17.8 Å². The van der Waals surface area contributed by atoms with E-state index in [9.17, 15) is 9.59 Å². The van der Waals surface area contributed by atoms with Crippen molar-refractivity contribution in [1.82, 2.24) is 5.32 Å². The van der Waals surface area contributed by atoms with E-state index in [0.29, 0.717) is 18.9 Å². The van der Waals surface area contributed by atoms with Crippen LogP contribution in [0.4, 0.5) is 0 Å². The Morgan fingerprint density at radius 3 is 2.16 bits per heavy atom.